The highest BCUT2D eigenvalue weighted by Crippen LogP contribution is 2.43. The number of ether oxygens (including phenoxy) is 2. The molecule has 0 aliphatic rings. The number of allylic oxidation sites excluding steroid dienone is 18. The van der Waals surface area contributed by atoms with Crippen LogP contribution in [0.3, 0.4) is 0 Å². The molecule has 9 nitrogen and oxygen atoms in total. The molecule has 0 saturated heterocycles. The normalized spacial score (nSPS) is 14.8. The second-order valence-corrected chi connectivity index (χ2v) is 12.5. The summed E-state index contributed by atoms with van der Waals surface area (Å²) >= 11 is 0. The summed E-state index contributed by atoms with van der Waals surface area (Å²) in [6.45, 7) is 3.21. The first-order valence-electron chi connectivity index (χ1n) is 18.0. The van der Waals surface area contributed by atoms with E-state index in [1.165, 1.54) is 0 Å². The summed E-state index contributed by atoms with van der Waals surface area (Å²) in [7, 11) is -4.42. The van der Waals surface area contributed by atoms with Crippen LogP contribution in [0.25, 0.3) is 0 Å². The Balaban J connectivity index is 4.58. The van der Waals surface area contributed by atoms with E-state index in [0.717, 1.165) is 51.4 Å². The molecule has 0 heterocycles. The largest absolute Gasteiger partial charge is 0.472 e. The molecule has 51 heavy (non-hydrogen) atoms. The van der Waals surface area contributed by atoms with Crippen molar-refractivity contribution in [2.75, 3.05) is 26.4 Å². The average molecular weight is 728 g/mol. The molecule has 2 atom stereocenters. The number of phosphoric acid groups is 1. The van der Waals surface area contributed by atoms with Crippen LogP contribution in [0.5, 0.6) is 0 Å². The summed E-state index contributed by atoms with van der Waals surface area (Å²) in [6.07, 6.45) is 48.6. The summed E-state index contributed by atoms with van der Waals surface area (Å²) < 4.78 is 32.3. The molecule has 0 amide bonds. The van der Waals surface area contributed by atoms with E-state index in [2.05, 4.69) is 92.8 Å². The molecule has 0 rings (SSSR count). The summed E-state index contributed by atoms with van der Waals surface area (Å²) in [6, 6.07) is 0. The molecule has 0 radical (unpaired) electrons. The molecule has 2 unspecified atom stereocenters. The van der Waals surface area contributed by atoms with E-state index >= 15 is 0 Å². The molecule has 0 spiro atoms. The minimum atomic E-state index is -4.42. The second kappa shape index (κ2) is 36.2. The smallest absolute Gasteiger partial charge is 0.461 e. The number of carbonyl (C=O) groups excluding carboxylic acids is 2. The molecule has 0 aromatic heterocycles. The van der Waals surface area contributed by atoms with Gasteiger partial charge in [-0.2, -0.15) is 0 Å². The van der Waals surface area contributed by atoms with E-state index in [1.807, 2.05) is 30.4 Å². The highest BCUT2D eigenvalue weighted by molar-refractivity contribution is 7.47. The molecule has 0 bridgehead atoms. The Labute approximate surface area is 307 Å². The van der Waals surface area contributed by atoms with Crippen LogP contribution >= 0.6 is 7.82 Å². The maximum Gasteiger partial charge on any atom is 0.472 e. The summed E-state index contributed by atoms with van der Waals surface area (Å²) in [4.78, 5) is 34.5. The summed E-state index contributed by atoms with van der Waals surface area (Å²) in [5.41, 5.74) is 5.31. The van der Waals surface area contributed by atoms with Crippen LogP contribution in [-0.4, -0.2) is 49.3 Å². The van der Waals surface area contributed by atoms with Crippen molar-refractivity contribution in [1.29, 1.82) is 0 Å². The van der Waals surface area contributed by atoms with Crippen LogP contribution in [0.1, 0.15) is 90.9 Å². The first-order valence-corrected chi connectivity index (χ1v) is 19.5. The Kier molecular flexibility index (Phi) is 33.7. The van der Waals surface area contributed by atoms with E-state index in [-0.39, 0.29) is 32.6 Å². The molecular formula is C41H62NO8P. The maximum atomic E-state index is 12.4. The Hall–Kier alpha value is -3.59. The fraction of sp³-hybridized carbons (Fsp3) is 0.463. The molecule has 284 valence electrons. The predicted octanol–water partition coefficient (Wildman–Crippen LogP) is 9.82. The van der Waals surface area contributed by atoms with Crippen LogP contribution in [0.4, 0.5) is 0 Å². The highest BCUT2D eigenvalue weighted by atomic mass is 31.2. The van der Waals surface area contributed by atoms with Crippen molar-refractivity contribution in [3.8, 4) is 0 Å². The van der Waals surface area contributed by atoms with Gasteiger partial charge in [0.15, 0.2) is 6.10 Å². The van der Waals surface area contributed by atoms with Gasteiger partial charge < -0.3 is 20.1 Å². The standard InChI is InChI=1S/C41H62NO8P/c1-3-5-7-9-11-13-15-17-19-21-23-25-27-29-31-33-40(43)47-37-39(38-49-51(45,46)48-36-35-42)50-41(44)34-32-30-28-26-24-22-20-18-16-14-12-10-8-6-4-2/h5-8,11-14,17-20,23-26,29-32,39H,3-4,9-10,15-16,21-22,27-28,33-38,42H2,1-2H3,(H,45,46)/b7-5-,8-6-,13-11-,14-12-,19-17-,20-18-,25-23-,26-24-,31-29-,32-30-. The van der Waals surface area contributed by atoms with Gasteiger partial charge in [-0.15, -0.1) is 0 Å². The van der Waals surface area contributed by atoms with Crippen molar-refractivity contribution in [2.24, 2.45) is 5.73 Å². The van der Waals surface area contributed by atoms with Crippen LogP contribution in [0.15, 0.2) is 122 Å². The van der Waals surface area contributed by atoms with Gasteiger partial charge in [0.25, 0.3) is 0 Å². The molecule has 3 N–H and O–H groups in total. The third-order valence-electron chi connectivity index (χ3n) is 6.41. The van der Waals surface area contributed by atoms with Gasteiger partial charge >= 0.3 is 19.8 Å². The van der Waals surface area contributed by atoms with Crippen molar-refractivity contribution in [1.82, 2.24) is 0 Å². The zero-order chi connectivity index (χ0) is 37.5. The lowest BCUT2D eigenvalue weighted by molar-refractivity contribution is -0.160. The van der Waals surface area contributed by atoms with Gasteiger partial charge in [-0.3, -0.25) is 18.6 Å². The first-order chi connectivity index (χ1) is 24.8. The Morgan fingerprint density at radius 3 is 1.27 bits per heavy atom. The lowest BCUT2D eigenvalue weighted by Crippen LogP contribution is -2.29. The van der Waals surface area contributed by atoms with Crippen molar-refractivity contribution in [3.63, 3.8) is 0 Å². The van der Waals surface area contributed by atoms with Gasteiger partial charge in [0.1, 0.15) is 6.61 Å². The Morgan fingerprint density at radius 2 is 0.902 bits per heavy atom. The fourth-order valence-corrected chi connectivity index (χ4v) is 4.60. The molecule has 0 aromatic carbocycles. The number of hydrogen-bond donors (Lipinski definition) is 2. The van der Waals surface area contributed by atoms with Gasteiger partial charge in [0.2, 0.25) is 0 Å². The predicted molar refractivity (Wildman–Crippen MR) is 210 cm³/mol. The van der Waals surface area contributed by atoms with Crippen LogP contribution in [-0.2, 0) is 32.7 Å². The third-order valence-corrected chi connectivity index (χ3v) is 7.39. The number of rotatable bonds is 31. The molecule has 10 heteroatoms. The van der Waals surface area contributed by atoms with E-state index in [4.69, 9.17) is 24.3 Å². The van der Waals surface area contributed by atoms with Crippen LogP contribution in [0, 0.1) is 0 Å². The van der Waals surface area contributed by atoms with Crippen molar-refractivity contribution in [3.05, 3.63) is 122 Å². The Bertz CT molecular complexity index is 1240. The van der Waals surface area contributed by atoms with Gasteiger partial charge in [-0.05, 0) is 64.2 Å². The number of nitrogens with two attached hydrogens (primary N) is 1. The van der Waals surface area contributed by atoms with Crippen molar-refractivity contribution in [2.45, 2.75) is 97.0 Å². The molecule has 0 fully saturated rings. The second-order valence-electron chi connectivity index (χ2n) is 11.0. The molecule has 0 aliphatic carbocycles. The third kappa shape index (κ3) is 36.0. The van der Waals surface area contributed by atoms with E-state index in [9.17, 15) is 19.0 Å². The van der Waals surface area contributed by atoms with Gasteiger partial charge in [-0.25, -0.2) is 4.57 Å². The lowest BCUT2D eigenvalue weighted by atomic mass is 10.2. The van der Waals surface area contributed by atoms with Gasteiger partial charge in [0.05, 0.1) is 26.1 Å². The van der Waals surface area contributed by atoms with Crippen molar-refractivity contribution >= 4 is 19.8 Å². The molecular weight excluding hydrogens is 665 g/mol. The van der Waals surface area contributed by atoms with E-state index < -0.39 is 32.5 Å². The zero-order valence-corrected chi connectivity index (χ0v) is 31.7. The quantitative estimate of drug-likeness (QED) is 0.0407. The van der Waals surface area contributed by atoms with E-state index in [0.29, 0.717) is 12.8 Å². The number of hydrogen-bond acceptors (Lipinski definition) is 8. The van der Waals surface area contributed by atoms with Crippen LogP contribution < -0.4 is 5.73 Å². The highest BCUT2D eigenvalue weighted by Gasteiger charge is 2.25. The summed E-state index contributed by atoms with van der Waals surface area (Å²) in [5, 5.41) is 0. The topological polar surface area (TPSA) is 134 Å². The monoisotopic (exact) mass is 727 g/mol. The lowest BCUT2D eigenvalue weighted by Gasteiger charge is -2.19. The molecule has 0 aliphatic heterocycles. The SMILES string of the molecule is CC/C=C\C/C=C\C/C=C\C/C=C\C/C=C\CC(=O)OCC(COP(=O)(O)OCCN)OC(=O)C/C=C\C/C=C\C/C=C\C/C=C\C/C=C\CC. The zero-order valence-electron chi connectivity index (χ0n) is 30.8. The Morgan fingerprint density at radius 1 is 0.549 bits per heavy atom. The van der Waals surface area contributed by atoms with Crippen LogP contribution in [0.2, 0.25) is 0 Å². The van der Waals surface area contributed by atoms with E-state index in [1.54, 1.807) is 12.2 Å². The van der Waals surface area contributed by atoms with Gasteiger partial charge in [-0.1, -0.05) is 135 Å². The number of esters is 2. The first kappa shape index (κ1) is 47.4. The molecule has 0 aromatic rings. The van der Waals surface area contributed by atoms with Gasteiger partial charge in [0, 0.05) is 6.54 Å². The minimum Gasteiger partial charge on any atom is -0.461 e. The average Bonchev–Trinajstić information content (AvgIpc) is 3.11. The molecule has 0 saturated carbocycles. The number of phosphoric ester groups is 1. The number of carbonyl (C=O) groups is 2. The van der Waals surface area contributed by atoms with Crippen molar-refractivity contribution < 1.29 is 37.6 Å². The summed E-state index contributed by atoms with van der Waals surface area (Å²) in [5.74, 6) is -1.14. The fourth-order valence-electron chi connectivity index (χ4n) is 3.84. The maximum absolute atomic E-state index is 12.4. The minimum absolute atomic E-state index is 0.0208.